The quantitative estimate of drug-likeness (QED) is 0.838. The molecule has 0 saturated heterocycles. The second kappa shape index (κ2) is 6.33. The lowest BCUT2D eigenvalue weighted by Gasteiger charge is -2.19. The molecule has 7 heteroatoms. The Morgan fingerprint density at radius 1 is 1.21 bits per heavy atom. The zero-order valence-electron chi connectivity index (χ0n) is 10.8. The van der Waals surface area contributed by atoms with Gasteiger partial charge in [0.15, 0.2) is 0 Å². The molecule has 0 atom stereocenters. The number of hydrogen-bond acceptors (Lipinski definition) is 4. The fourth-order valence-electron chi connectivity index (χ4n) is 1.45. The van der Waals surface area contributed by atoms with Gasteiger partial charge in [-0.05, 0) is 19.1 Å². The number of hydrogen-bond donors (Lipinski definition) is 1. The topological polar surface area (TPSA) is 83.6 Å². The molecule has 0 aliphatic carbocycles. The van der Waals surface area contributed by atoms with Gasteiger partial charge in [-0.3, -0.25) is 9.59 Å². The SMILES string of the molecule is CCNC(=O)CN(C(=O)c1ccccc1)S(C)(=O)=O. The maximum atomic E-state index is 12.1. The third-order valence-corrected chi connectivity index (χ3v) is 3.40. The Bertz CT molecular complexity index is 554. The van der Waals surface area contributed by atoms with Crippen molar-refractivity contribution >= 4 is 21.8 Å². The molecule has 0 fully saturated rings. The molecule has 0 saturated carbocycles. The Kier molecular flexibility index (Phi) is 5.05. The highest BCUT2D eigenvalue weighted by atomic mass is 32.2. The summed E-state index contributed by atoms with van der Waals surface area (Å²) in [5, 5.41) is 2.46. The minimum Gasteiger partial charge on any atom is -0.355 e. The van der Waals surface area contributed by atoms with Crippen molar-refractivity contribution < 1.29 is 18.0 Å². The van der Waals surface area contributed by atoms with Crippen molar-refractivity contribution in [1.29, 1.82) is 0 Å². The number of sulfonamides is 1. The van der Waals surface area contributed by atoms with Crippen LogP contribution in [0.4, 0.5) is 0 Å². The first kappa shape index (κ1) is 15.2. The van der Waals surface area contributed by atoms with Gasteiger partial charge in [0, 0.05) is 12.1 Å². The Morgan fingerprint density at radius 3 is 2.26 bits per heavy atom. The average Bonchev–Trinajstić information content (AvgIpc) is 2.35. The minimum atomic E-state index is -3.80. The van der Waals surface area contributed by atoms with E-state index in [2.05, 4.69) is 5.32 Å². The molecule has 104 valence electrons. The number of nitrogens with one attached hydrogen (secondary N) is 1. The van der Waals surface area contributed by atoms with Crippen LogP contribution in [0.3, 0.4) is 0 Å². The van der Waals surface area contributed by atoms with Gasteiger partial charge in [-0.2, -0.15) is 0 Å². The largest absolute Gasteiger partial charge is 0.355 e. The Labute approximate surface area is 112 Å². The summed E-state index contributed by atoms with van der Waals surface area (Å²) in [5.41, 5.74) is 0.220. The third kappa shape index (κ3) is 4.36. The molecule has 6 nitrogen and oxygen atoms in total. The fraction of sp³-hybridized carbons (Fsp3) is 0.333. The zero-order chi connectivity index (χ0) is 14.5. The Hall–Kier alpha value is -1.89. The van der Waals surface area contributed by atoms with Crippen molar-refractivity contribution in [3.63, 3.8) is 0 Å². The molecule has 0 aliphatic heterocycles. The molecule has 0 spiro atoms. The van der Waals surface area contributed by atoms with E-state index in [0.717, 1.165) is 6.26 Å². The van der Waals surface area contributed by atoms with E-state index in [1.54, 1.807) is 25.1 Å². The summed E-state index contributed by atoms with van der Waals surface area (Å²) in [6, 6.07) is 7.96. The zero-order valence-corrected chi connectivity index (χ0v) is 11.6. The van der Waals surface area contributed by atoms with Crippen molar-refractivity contribution in [3.05, 3.63) is 35.9 Å². The molecule has 0 bridgehead atoms. The molecule has 0 unspecified atom stereocenters. The van der Waals surface area contributed by atoms with E-state index in [1.165, 1.54) is 12.1 Å². The van der Waals surface area contributed by atoms with Crippen LogP contribution in [0.15, 0.2) is 30.3 Å². The average molecular weight is 284 g/mol. The number of carbonyl (C=O) groups is 2. The number of benzene rings is 1. The monoisotopic (exact) mass is 284 g/mol. The number of likely N-dealkylation sites (N-methyl/N-ethyl adjacent to an activating group) is 1. The molecule has 0 radical (unpaired) electrons. The predicted molar refractivity (Wildman–Crippen MR) is 71.0 cm³/mol. The maximum Gasteiger partial charge on any atom is 0.267 e. The second-order valence-electron chi connectivity index (χ2n) is 3.89. The lowest BCUT2D eigenvalue weighted by Crippen LogP contribution is -2.43. The van der Waals surface area contributed by atoms with Crippen LogP contribution < -0.4 is 5.32 Å². The summed E-state index contributed by atoms with van der Waals surface area (Å²) in [4.78, 5) is 23.6. The first-order chi connectivity index (χ1) is 8.86. The first-order valence-corrected chi connectivity index (χ1v) is 7.55. The fourth-order valence-corrected chi connectivity index (χ4v) is 2.21. The van der Waals surface area contributed by atoms with Gasteiger partial charge in [-0.1, -0.05) is 18.2 Å². The number of rotatable bonds is 5. The normalized spacial score (nSPS) is 10.8. The highest BCUT2D eigenvalue weighted by Gasteiger charge is 2.26. The minimum absolute atomic E-state index is 0.220. The molecule has 0 aromatic heterocycles. The van der Waals surface area contributed by atoms with E-state index in [-0.39, 0.29) is 5.56 Å². The van der Waals surface area contributed by atoms with E-state index < -0.39 is 28.4 Å². The molecular formula is C12H16N2O4S. The van der Waals surface area contributed by atoms with Crippen molar-refractivity contribution in [2.24, 2.45) is 0 Å². The lowest BCUT2D eigenvalue weighted by atomic mass is 10.2. The maximum absolute atomic E-state index is 12.1. The smallest absolute Gasteiger partial charge is 0.267 e. The van der Waals surface area contributed by atoms with Crippen molar-refractivity contribution in [1.82, 2.24) is 9.62 Å². The number of carbonyl (C=O) groups excluding carboxylic acids is 2. The van der Waals surface area contributed by atoms with Crippen LogP contribution in [-0.2, 0) is 14.8 Å². The molecule has 0 heterocycles. The van der Waals surface area contributed by atoms with Crippen molar-refractivity contribution in [2.75, 3.05) is 19.3 Å². The van der Waals surface area contributed by atoms with E-state index in [4.69, 9.17) is 0 Å². The van der Waals surface area contributed by atoms with Crippen LogP contribution in [-0.4, -0.2) is 43.9 Å². The summed E-state index contributed by atoms with van der Waals surface area (Å²) in [6.45, 7) is 1.57. The van der Waals surface area contributed by atoms with Crippen LogP contribution in [0, 0.1) is 0 Å². The van der Waals surface area contributed by atoms with Crippen LogP contribution in [0.5, 0.6) is 0 Å². The summed E-state index contributed by atoms with van der Waals surface area (Å²) in [5.74, 6) is -1.23. The van der Waals surface area contributed by atoms with Crippen molar-refractivity contribution in [3.8, 4) is 0 Å². The summed E-state index contributed by atoms with van der Waals surface area (Å²) < 4.78 is 23.8. The lowest BCUT2D eigenvalue weighted by molar-refractivity contribution is -0.120. The highest BCUT2D eigenvalue weighted by Crippen LogP contribution is 2.08. The molecule has 1 rings (SSSR count). The van der Waals surface area contributed by atoms with Crippen LogP contribution in [0.2, 0.25) is 0 Å². The van der Waals surface area contributed by atoms with Gasteiger partial charge in [-0.25, -0.2) is 12.7 Å². The van der Waals surface area contributed by atoms with Crippen LogP contribution >= 0.6 is 0 Å². The van der Waals surface area contributed by atoms with Gasteiger partial charge >= 0.3 is 0 Å². The number of amides is 2. The summed E-state index contributed by atoms with van der Waals surface area (Å²) in [6.07, 6.45) is 0.896. The van der Waals surface area contributed by atoms with Crippen LogP contribution in [0.1, 0.15) is 17.3 Å². The van der Waals surface area contributed by atoms with Gasteiger partial charge in [0.25, 0.3) is 5.91 Å². The van der Waals surface area contributed by atoms with E-state index in [1.807, 2.05) is 0 Å². The van der Waals surface area contributed by atoms with E-state index in [9.17, 15) is 18.0 Å². The Morgan fingerprint density at radius 2 is 1.79 bits per heavy atom. The predicted octanol–water partition coefficient (Wildman–Crippen LogP) is 0.224. The third-order valence-electron chi connectivity index (χ3n) is 2.31. The summed E-state index contributed by atoms with van der Waals surface area (Å²) >= 11 is 0. The molecule has 19 heavy (non-hydrogen) atoms. The summed E-state index contributed by atoms with van der Waals surface area (Å²) in [7, 11) is -3.80. The second-order valence-corrected chi connectivity index (χ2v) is 5.80. The highest BCUT2D eigenvalue weighted by molar-refractivity contribution is 7.88. The van der Waals surface area contributed by atoms with Gasteiger partial charge in [0.1, 0.15) is 6.54 Å². The molecular weight excluding hydrogens is 268 g/mol. The van der Waals surface area contributed by atoms with Gasteiger partial charge in [-0.15, -0.1) is 0 Å². The molecule has 1 aromatic rings. The molecule has 1 N–H and O–H groups in total. The van der Waals surface area contributed by atoms with Crippen molar-refractivity contribution in [2.45, 2.75) is 6.92 Å². The Balaban J connectivity index is 2.99. The van der Waals surface area contributed by atoms with Gasteiger partial charge in [0.2, 0.25) is 15.9 Å². The molecule has 1 aromatic carbocycles. The van der Waals surface area contributed by atoms with E-state index >= 15 is 0 Å². The van der Waals surface area contributed by atoms with E-state index in [0.29, 0.717) is 10.8 Å². The first-order valence-electron chi connectivity index (χ1n) is 5.70. The molecule has 0 aliphatic rings. The van der Waals surface area contributed by atoms with Gasteiger partial charge < -0.3 is 5.32 Å². The van der Waals surface area contributed by atoms with Gasteiger partial charge in [0.05, 0.1) is 6.26 Å². The standard InChI is InChI=1S/C12H16N2O4S/c1-3-13-11(15)9-14(19(2,17)18)12(16)10-7-5-4-6-8-10/h4-8H,3,9H2,1-2H3,(H,13,15). The van der Waals surface area contributed by atoms with Crippen LogP contribution in [0.25, 0.3) is 0 Å². The molecule has 2 amide bonds. The number of nitrogens with zero attached hydrogens (tertiary/aromatic N) is 1.